The molecule has 0 atom stereocenters. The molecule has 61 valence electrons. The van der Waals surface area contributed by atoms with E-state index in [1.807, 2.05) is 0 Å². The second kappa shape index (κ2) is 3.72. The van der Waals surface area contributed by atoms with Crippen molar-refractivity contribution in [1.82, 2.24) is 0 Å². The zero-order chi connectivity index (χ0) is 8.97. The molecule has 0 spiro atoms. The van der Waals surface area contributed by atoms with Crippen LogP contribution in [0, 0.1) is 0 Å². The summed E-state index contributed by atoms with van der Waals surface area (Å²) >= 11 is 0. The predicted octanol–water partition coefficient (Wildman–Crippen LogP) is 1.82. The molecule has 0 fully saturated rings. The highest BCUT2D eigenvalue weighted by atomic mass is 16.5. The molecule has 0 aliphatic rings. The van der Waals surface area contributed by atoms with Crippen molar-refractivity contribution in [1.29, 1.82) is 0 Å². The van der Waals surface area contributed by atoms with Crippen LogP contribution in [0.4, 0.5) is 0 Å². The molecule has 0 amide bonds. The van der Waals surface area contributed by atoms with E-state index in [1.54, 1.807) is 37.7 Å². The summed E-state index contributed by atoms with van der Waals surface area (Å²) in [6.45, 7) is 3.53. The van der Waals surface area contributed by atoms with Gasteiger partial charge < -0.3 is 4.74 Å². The summed E-state index contributed by atoms with van der Waals surface area (Å²) in [6.07, 6.45) is 1.73. The molecule has 0 aliphatic carbocycles. The lowest BCUT2D eigenvalue weighted by Crippen LogP contribution is -1.85. The van der Waals surface area contributed by atoms with Crippen molar-refractivity contribution < 1.29 is 9.53 Å². The fourth-order valence-corrected chi connectivity index (χ4v) is 0.851. The van der Waals surface area contributed by atoms with Gasteiger partial charge in [0, 0.05) is 5.57 Å². The summed E-state index contributed by atoms with van der Waals surface area (Å²) in [7, 11) is 1.59. The smallest absolute Gasteiger partial charge is 0.233 e. The molecule has 0 heterocycles. The fourth-order valence-electron chi connectivity index (χ4n) is 0.851. The Morgan fingerprint density at radius 3 is 2.42 bits per heavy atom. The third kappa shape index (κ3) is 1.72. The van der Waals surface area contributed by atoms with Crippen molar-refractivity contribution in [3.8, 4) is 5.75 Å². The molecule has 1 rings (SSSR count). The van der Waals surface area contributed by atoms with Crippen molar-refractivity contribution in [2.24, 2.45) is 0 Å². The van der Waals surface area contributed by atoms with E-state index in [1.165, 1.54) is 0 Å². The molecule has 0 bridgehead atoms. The maximum Gasteiger partial charge on any atom is 0.233 e. The van der Waals surface area contributed by atoms with E-state index in [2.05, 4.69) is 6.58 Å². The maximum absolute atomic E-state index is 10.2. The fraction of sp³-hybridized carbons (Fsp3) is 0.100. The lowest BCUT2D eigenvalue weighted by molar-refractivity contribution is 0.415. The van der Waals surface area contributed by atoms with Gasteiger partial charge in [-0.3, -0.25) is 4.79 Å². The van der Waals surface area contributed by atoms with E-state index in [0.717, 1.165) is 11.3 Å². The normalized spacial score (nSPS) is 9.08. The number of ether oxygens (including phenoxy) is 1. The summed E-state index contributed by atoms with van der Waals surface area (Å²) in [5.74, 6) is 0.762. The van der Waals surface area contributed by atoms with Gasteiger partial charge in [0.1, 0.15) is 5.75 Å². The van der Waals surface area contributed by atoms with Crippen LogP contribution in [-0.2, 0) is 4.79 Å². The van der Waals surface area contributed by atoms with E-state index in [0.29, 0.717) is 5.57 Å². The standard InChI is InChI=1S/C10H9O2/c1-8(7-11)9-3-5-10(12-2)6-4-9/h3-6H,1H2,2H3. The minimum Gasteiger partial charge on any atom is -0.497 e. The number of methoxy groups -OCH3 is 1. The molecule has 2 heteroatoms. The zero-order valence-electron chi connectivity index (χ0n) is 6.83. The molecule has 0 saturated heterocycles. The van der Waals surface area contributed by atoms with Gasteiger partial charge in [0.25, 0.3) is 0 Å². The molecule has 0 saturated carbocycles. The summed E-state index contributed by atoms with van der Waals surface area (Å²) in [6, 6.07) is 7.09. The van der Waals surface area contributed by atoms with Gasteiger partial charge in [-0.05, 0) is 17.7 Å². The number of rotatable bonds is 3. The van der Waals surface area contributed by atoms with Crippen molar-refractivity contribution >= 4 is 11.9 Å². The van der Waals surface area contributed by atoms with Gasteiger partial charge in [0.2, 0.25) is 6.29 Å². The first-order valence-corrected chi connectivity index (χ1v) is 3.49. The molecule has 2 nitrogen and oxygen atoms in total. The Hall–Kier alpha value is -1.57. The largest absolute Gasteiger partial charge is 0.497 e. The Morgan fingerprint density at radius 1 is 1.42 bits per heavy atom. The minimum absolute atomic E-state index is 0.359. The summed E-state index contributed by atoms with van der Waals surface area (Å²) in [5.41, 5.74) is 1.13. The van der Waals surface area contributed by atoms with Crippen LogP contribution in [0.25, 0.3) is 5.57 Å². The van der Waals surface area contributed by atoms with Crippen LogP contribution in [0.1, 0.15) is 5.56 Å². The van der Waals surface area contributed by atoms with E-state index >= 15 is 0 Å². The van der Waals surface area contributed by atoms with Crippen LogP contribution in [0.2, 0.25) is 0 Å². The Labute approximate surface area is 71.5 Å². The Morgan fingerprint density at radius 2 is 2.00 bits per heavy atom. The molecular weight excluding hydrogens is 152 g/mol. The zero-order valence-corrected chi connectivity index (χ0v) is 6.83. The SMILES string of the molecule is C=C([C]=O)c1ccc(OC)cc1. The van der Waals surface area contributed by atoms with E-state index in [-0.39, 0.29) is 0 Å². The van der Waals surface area contributed by atoms with Crippen LogP contribution < -0.4 is 4.74 Å². The van der Waals surface area contributed by atoms with Gasteiger partial charge >= 0.3 is 0 Å². The first kappa shape index (κ1) is 8.53. The molecule has 1 radical (unpaired) electrons. The lowest BCUT2D eigenvalue weighted by Gasteiger charge is -2.00. The van der Waals surface area contributed by atoms with Crippen LogP contribution in [-0.4, -0.2) is 13.4 Å². The first-order valence-electron chi connectivity index (χ1n) is 3.49. The Balaban J connectivity index is 2.91. The molecule has 12 heavy (non-hydrogen) atoms. The van der Waals surface area contributed by atoms with Gasteiger partial charge in [0.15, 0.2) is 0 Å². The molecule has 1 aromatic carbocycles. The molecule has 1 aromatic rings. The Bertz CT molecular complexity index is 285. The van der Waals surface area contributed by atoms with Gasteiger partial charge in [-0.15, -0.1) is 0 Å². The topological polar surface area (TPSA) is 26.3 Å². The number of hydrogen-bond donors (Lipinski definition) is 0. The van der Waals surface area contributed by atoms with Crippen LogP contribution in [0.15, 0.2) is 30.8 Å². The monoisotopic (exact) mass is 161 g/mol. The van der Waals surface area contributed by atoms with Gasteiger partial charge in [0.05, 0.1) is 7.11 Å². The van der Waals surface area contributed by atoms with Crippen molar-refractivity contribution in [3.05, 3.63) is 36.4 Å². The average Bonchev–Trinajstić information content (AvgIpc) is 2.17. The molecular formula is C10H9O2. The van der Waals surface area contributed by atoms with Gasteiger partial charge in [-0.1, -0.05) is 18.7 Å². The molecule has 0 N–H and O–H groups in total. The summed E-state index contributed by atoms with van der Waals surface area (Å²) in [4.78, 5) is 10.2. The summed E-state index contributed by atoms with van der Waals surface area (Å²) < 4.78 is 4.95. The average molecular weight is 161 g/mol. The van der Waals surface area contributed by atoms with E-state index in [4.69, 9.17) is 4.74 Å². The third-order valence-corrected chi connectivity index (χ3v) is 1.56. The molecule has 0 aromatic heterocycles. The quantitative estimate of drug-likeness (QED) is 0.632. The van der Waals surface area contributed by atoms with Crippen LogP contribution >= 0.6 is 0 Å². The molecule has 0 aliphatic heterocycles. The van der Waals surface area contributed by atoms with Crippen LogP contribution in [0.3, 0.4) is 0 Å². The lowest BCUT2D eigenvalue weighted by atomic mass is 10.1. The Kier molecular flexibility index (Phi) is 2.64. The van der Waals surface area contributed by atoms with Crippen molar-refractivity contribution in [3.63, 3.8) is 0 Å². The highest BCUT2D eigenvalue weighted by Gasteiger charge is 1.97. The number of hydrogen-bond acceptors (Lipinski definition) is 2. The van der Waals surface area contributed by atoms with Gasteiger partial charge in [-0.2, -0.15) is 0 Å². The van der Waals surface area contributed by atoms with Crippen LogP contribution in [0.5, 0.6) is 5.75 Å². The number of allylic oxidation sites excluding steroid dienone is 1. The van der Waals surface area contributed by atoms with Crippen molar-refractivity contribution in [2.75, 3.05) is 7.11 Å². The number of carbonyl (C=O) groups excluding carboxylic acids is 1. The second-order valence-electron chi connectivity index (χ2n) is 2.31. The van der Waals surface area contributed by atoms with E-state index < -0.39 is 0 Å². The summed E-state index contributed by atoms with van der Waals surface area (Å²) in [5, 5.41) is 0. The maximum atomic E-state index is 10.2. The highest BCUT2D eigenvalue weighted by molar-refractivity contribution is 6.06. The second-order valence-corrected chi connectivity index (χ2v) is 2.31. The minimum atomic E-state index is 0.359. The van der Waals surface area contributed by atoms with E-state index in [9.17, 15) is 4.79 Å². The first-order chi connectivity index (χ1) is 5.77. The highest BCUT2D eigenvalue weighted by Crippen LogP contribution is 2.15. The molecule has 0 unspecified atom stereocenters. The van der Waals surface area contributed by atoms with Gasteiger partial charge in [-0.25, -0.2) is 0 Å². The van der Waals surface area contributed by atoms with Crippen molar-refractivity contribution in [2.45, 2.75) is 0 Å². The predicted molar refractivity (Wildman–Crippen MR) is 47.7 cm³/mol. The third-order valence-electron chi connectivity index (χ3n) is 1.56. The number of benzene rings is 1.